The second-order valence-corrected chi connectivity index (χ2v) is 29.3. The fourth-order valence-electron chi connectivity index (χ4n) is 13.9. The van der Waals surface area contributed by atoms with Crippen molar-refractivity contribution in [2.75, 3.05) is 26.4 Å². The molecule has 23 heteroatoms. The number of hydrogen-bond donors (Lipinski definition) is 14. The summed E-state index contributed by atoms with van der Waals surface area (Å²) in [5, 5.41) is 136. The predicted molar refractivity (Wildman–Crippen MR) is 394 cm³/mol. The van der Waals surface area contributed by atoms with Gasteiger partial charge in [-0.3, -0.25) is 9.59 Å². The van der Waals surface area contributed by atoms with Crippen LogP contribution in [-0.4, -0.2) is 215 Å². The SMILES string of the molecule is CCCCCCCCCCC/C=C\C/C=C\CCCCCCCCCCCC(=O)NC(COC1OC(CO)C(OC2OC(CO)C(O)C(OC3(C(=O)O)CC(O)C(NC(C)=O)C(C(O)C(O)CO)O3)C2O)C(O)C1O)C(O)/C=C/CCCCCCCCCCCCCCCCCCCCCCC. The van der Waals surface area contributed by atoms with Crippen LogP contribution in [0.1, 0.15) is 310 Å². The van der Waals surface area contributed by atoms with Crippen molar-refractivity contribution in [3.05, 3.63) is 36.5 Å². The number of amides is 2. The number of carbonyl (C=O) groups is 3. The molecule has 18 atom stereocenters. The molecule has 0 aromatic rings. The molecule has 102 heavy (non-hydrogen) atoms. The average molecular weight is 1460 g/mol. The molecule has 23 nitrogen and oxygen atoms in total. The summed E-state index contributed by atoms with van der Waals surface area (Å²) in [6, 6.07) is -2.63. The van der Waals surface area contributed by atoms with Gasteiger partial charge in [0.25, 0.3) is 5.79 Å². The summed E-state index contributed by atoms with van der Waals surface area (Å²) in [4.78, 5) is 38.7. The number of aliphatic carboxylic acids is 1. The van der Waals surface area contributed by atoms with Crippen LogP contribution >= 0.6 is 0 Å². The Hall–Kier alpha value is -3.05. The molecule has 3 aliphatic heterocycles. The minimum Gasteiger partial charge on any atom is -0.477 e. The van der Waals surface area contributed by atoms with Gasteiger partial charge in [0.2, 0.25) is 11.8 Å². The predicted octanol–water partition coefficient (Wildman–Crippen LogP) is 10.5. The monoisotopic (exact) mass is 1460 g/mol. The highest BCUT2D eigenvalue weighted by molar-refractivity contribution is 5.77. The maximum atomic E-state index is 13.5. The standard InChI is InChI=1S/C79H144N2O21/c1-4-6-8-10-12-14-16-18-20-22-24-26-28-29-31-33-35-37-39-41-43-45-47-49-51-53-66(89)81-60(61(86)52-50-48-46-44-42-40-38-36-34-32-30-27-25-23-21-19-17-15-13-11-9-7-5-2)58-97-76-71(93)70(92)73(65(57-84)99-76)100-77-72(94)75(69(91)64(56-83)98-77)102-79(78(95)96)54-62(87)67(80-59(3)85)74(101-79)68(90)63(88)55-82/h24,26,29,31,50,52,60-65,67-77,82-84,86-88,90-94H,4-23,25,27-28,30,32-49,51,53-58H2,1-3H3,(H,80,85)(H,81,89)(H,95,96)/b26-24-,31-29-,52-50+. The van der Waals surface area contributed by atoms with Crippen LogP contribution in [0.5, 0.6) is 0 Å². The molecule has 0 aliphatic carbocycles. The first-order chi connectivity index (χ1) is 49.4. The van der Waals surface area contributed by atoms with Gasteiger partial charge in [-0.15, -0.1) is 0 Å². The normalized spacial score (nSPS) is 26.8. The molecule has 3 aliphatic rings. The van der Waals surface area contributed by atoms with Crippen LogP contribution in [0.3, 0.4) is 0 Å². The van der Waals surface area contributed by atoms with Crippen molar-refractivity contribution in [2.45, 2.75) is 420 Å². The molecule has 0 aromatic carbocycles. The minimum atomic E-state index is -3.08. The first kappa shape index (κ1) is 93.2. The average Bonchev–Trinajstić information content (AvgIpc) is 0.755. The highest BCUT2D eigenvalue weighted by Crippen LogP contribution is 2.39. The lowest BCUT2D eigenvalue weighted by Crippen LogP contribution is -2.70. The van der Waals surface area contributed by atoms with E-state index in [1.807, 2.05) is 6.08 Å². The molecule has 0 spiro atoms. The second kappa shape index (κ2) is 58.0. The van der Waals surface area contributed by atoms with Crippen LogP contribution in [0.15, 0.2) is 36.5 Å². The quantitative estimate of drug-likeness (QED) is 0.0199. The van der Waals surface area contributed by atoms with Crippen LogP contribution in [0.25, 0.3) is 0 Å². The molecular weight excluding hydrogens is 1310 g/mol. The molecule has 18 unspecified atom stereocenters. The summed E-state index contributed by atoms with van der Waals surface area (Å²) in [7, 11) is 0. The van der Waals surface area contributed by atoms with Crippen LogP contribution in [0, 0.1) is 0 Å². The Morgan fingerprint density at radius 3 is 1.38 bits per heavy atom. The third-order valence-corrected chi connectivity index (χ3v) is 20.3. The van der Waals surface area contributed by atoms with Crippen molar-refractivity contribution in [3.8, 4) is 0 Å². The summed E-state index contributed by atoms with van der Waals surface area (Å²) in [5.41, 5.74) is 0. The van der Waals surface area contributed by atoms with Gasteiger partial charge in [0.1, 0.15) is 67.1 Å². The van der Waals surface area contributed by atoms with E-state index in [9.17, 15) is 75.7 Å². The van der Waals surface area contributed by atoms with Gasteiger partial charge in [0, 0.05) is 19.8 Å². The zero-order valence-corrected chi connectivity index (χ0v) is 63.0. The van der Waals surface area contributed by atoms with E-state index in [4.69, 9.17) is 28.4 Å². The second-order valence-electron chi connectivity index (χ2n) is 29.3. The number of allylic oxidation sites excluding steroid dienone is 5. The molecule has 0 aromatic heterocycles. The van der Waals surface area contributed by atoms with Crippen molar-refractivity contribution < 1.29 is 104 Å². The van der Waals surface area contributed by atoms with E-state index in [0.717, 1.165) is 64.7 Å². The molecule has 3 saturated heterocycles. The lowest BCUT2D eigenvalue weighted by atomic mass is 9.88. The molecule has 0 bridgehead atoms. The van der Waals surface area contributed by atoms with Gasteiger partial charge in [-0.1, -0.05) is 275 Å². The smallest absolute Gasteiger partial charge is 0.364 e. The van der Waals surface area contributed by atoms with Crippen LogP contribution in [0.4, 0.5) is 0 Å². The van der Waals surface area contributed by atoms with E-state index in [1.165, 1.54) is 205 Å². The van der Waals surface area contributed by atoms with Gasteiger partial charge < -0.3 is 100 Å². The molecular formula is C79H144N2O21. The molecule has 3 heterocycles. The van der Waals surface area contributed by atoms with Crippen molar-refractivity contribution in [1.82, 2.24) is 10.6 Å². The summed E-state index contributed by atoms with van der Waals surface area (Å²) < 4.78 is 34.9. The van der Waals surface area contributed by atoms with Crippen LogP contribution < -0.4 is 10.6 Å². The number of carbonyl (C=O) groups excluding carboxylic acids is 2. The van der Waals surface area contributed by atoms with Gasteiger partial charge in [0.05, 0.1) is 50.7 Å². The van der Waals surface area contributed by atoms with E-state index < -0.39 is 155 Å². The number of unbranched alkanes of at least 4 members (excludes halogenated alkanes) is 39. The van der Waals surface area contributed by atoms with Crippen molar-refractivity contribution >= 4 is 17.8 Å². The number of hydrogen-bond acceptors (Lipinski definition) is 20. The highest BCUT2D eigenvalue weighted by Gasteiger charge is 2.60. The zero-order chi connectivity index (χ0) is 74.6. The Labute approximate surface area is 612 Å². The first-order valence-corrected chi connectivity index (χ1v) is 40.4. The first-order valence-electron chi connectivity index (χ1n) is 40.4. The number of aliphatic hydroxyl groups excluding tert-OH is 11. The minimum absolute atomic E-state index is 0.195. The largest absolute Gasteiger partial charge is 0.477 e. The fraction of sp³-hybridized carbons (Fsp3) is 0.886. The summed E-state index contributed by atoms with van der Waals surface area (Å²) in [6.45, 7) is 2.18. The number of nitrogens with one attached hydrogen (secondary N) is 2. The molecule has 3 fully saturated rings. The van der Waals surface area contributed by atoms with E-state index >= 15 is 0 Å². The van der Waals surface area contributed by atoms with Gasteiger partial charge in [-0.25, -0.2) is 4.79 Å². The third kappa shape index (κ3) is 38.2. The van der Waals surface area contributed by atoms with E-state index in [0.29, 0.717) is 12.8 Å². The third-order valence-electron chi connectivity index (χ3n) is 20.3. The maximum absolute atomic E-state index is 13.5. The van der Waals surface area contributed by atoms with E-state index in [2.05, 4.69) is 48.8 Å². The molecule has 596 valence electrons. The number of ether oxygens (including phenoxy) is 6. The Morgan fingerprint density at radius 2 is 0.951 bits per heavy atom. The lowest BCUT2D eigenvalue weighted by Gasteiger charge is -2.50. The molecule has 3 rings (SSSR count). The van der Waals surface area contributed by atoms with E-state index in [1.54, 1.807) is 6.08 Å². The van der Waals surface area contributed by atoms with Crippen molar-refractivity contribution in [1.29, 1.82) is 0 Å². The van der Waals surface area contributed by atoms with Gasteiger partial charge >= 0.3 is 5.97 Å². The topological polar surface area (TPSA) is 373 Å². The molecule has 14 N–H and O–H groups in total. The Kier molecular flexibility index (Phi) is 53.0. The summed E-state index contributed by atoms with van der Waals surface area (Å²) >= 11 is 0. The Bertz CT molecular complexity index is 2180. The van der Waals surface area contributed by atoms with Crippen molar-refractivity contribution in [3.63, 3.8) is 0 Å². The number of carboxylic acids is 1. The summed E-state index contributed by atoms with van der Waals surface area (Å²) in [5.74, 6) is -6.15. The van der Waals surface area contributed by atoms with Gasteiger partial charge in [-0.05, 0) is 51.4 Å². The van der Waals surface area contributed by atoms with Gasteiger partial charge in [0.15, 0.2) is 12.6 Å². The molecule has 0 saturated carbocycles. The molecule has 2 amide bonds. The Balaban J connectivity index is 1.53. The van der Waals surface area contributed by atoms with E-state index in [-0.39, 0.29) is 12.3 Å². The summed E-state index contributed by atoms with van der Waals surface area (Å²) in [6.07, 6.45) is 36.0. The molecule has 0 radical (unpaired) electrons. The Morgan fingerprint density at radius 1 is 0.520 bits per heavy atom. The van der Waals surface area contributed by atoms with Crippen LogP contribution in [0.2, 0.25) is 0 Å². The highest BCUT2D eigenvalue weighted by atomic mass is 16.8. The zero-order valence-electron chi connectivity index (χ0n) is 63.0. The number of aliphatic hydroxyl groups is 11. The van der Waals surface area contributed by atoms with Crippen molar-refractivity contribution in [2.24, 2.45) is 0 Å². The number of carboxylic acid groups (broad SMARTS) is 1. The van der Waals surface area contributed by atoms with Gasteiger partial charge in [-0.2, -0.15) is 0 Å². The number of rotatable bonds is 63. The lowest BCUT2D eigenvalue weighted by molar-refractivity contribution is -0.386. The fourth-order valence-corrected chi connectivity index (χ4v) is 13.9. The van der Waals surface area contributed by atoms with Crippen LogP contribution in [-0.2, 0) is 42.8 Å². The maximum Gasteiger partial charge on any atom is 0.364 e.